The van der Waals surface area contributed by atoms with E-state index in [1.165, 1.54) is 0 Å². The zero-order chi connectivity index (χ0) is 12.0. The molecule has 0 aromatic rings. The summed E-state index contributed by atoms with van der Waals surface area (Å²) in [7, 11) is 0. The molecule has 1 rings (SSSR count). The lowest BCUT2D eigenvalue weighted by Crippen LogP contribution is -2.48. The first-order valence-corrected chi connectivity index (χ1v) is 6.80. The Morgan fingerprint density at radius 2 is 2.38 bits per heavy atom. The Morgan fingerprint density at radius 3 is 2.88 bits per heavy atom. The fourth-order valence-electron chi connectivity index (χ4n) is 1.67. The molecule has 1 aliphatic rings. The molecule has 0 saturated carbocycles. The second-order valence-corrected chi connectivity index (χ2v) is 4.82. The van der Waals surface area contributed by atoms with Gasteiger partial charge < -0.3 is 15.7 Å². The van der Waals surface area contributed by atoms with Crippen LogP contribution in [0.3, 0.4) is 0 Å². The standard InChI is InChI=1S/C10H18N2O3S/c1-16-6-4-8(10(14)15)12-9(13)7-3-2-5-11-7/h7-8,11H,2-6H2,1H3,(H,12,13)(H,14,15)/t7-,8+/m0/s1. The summed E-state index contributed by atoms with van der Waals surface area (Å²) in [5.74, 6) is -0.415. The molecule has 5 nitrogen and oxygen atoms in total. The topological polar surface area (TPSA) is 78.4 Å². The van der Waals surface area contributed by atoms with E-state index < -0.39 is 12.0 Å². The van der Waals surface area contributed by atoms with Crippen molar-refractivity contribution < 1.29 is 14.7 Å². The van der Waals surface area contributed by atoms with Crippen molar-refractivity contribution >= 4 is 23.6 Å². The van der Waals surface area contributed by atoms with Crippen molar-refractivity contribution in [1.29, 1.82) is 0 Å². The van der Waals surface area contributed by atoms with Crippen LogP contribution in [0.4, 0.5) is 0 Å². The van der Waals surface area contributed by atoms with Gasteiger partial charge in [0.25, 0.3) is 0 Å². The highest BCUT2D eigenvalue weighted by molar-refractivity contribution is 7.98. The average Bonchev–Trinajstić information content (AvgIpc) is 2.76. The maximum Gasteiger partial charge on any atom is 0.326 e. The second-order valence-electron chi connectivity index (χ2n) is 3.83. The summed E-state index contributed by atoms with van der Waals surface area (Å²) in [5.41, 5.74) is 0. The number of carbonyl (C=O) groups excluding carboxylic acids is 1. The smallest absolute Gasteiger partial charge is 0.326 e. The molecule has 0 radical (unpaired) electrons. The van der Waals surface area contributed by atoms with Gasteiger partial charge in [-0.3, -0.25) is 4.79 Å². The van der Waals surface area contributed by atoms with Gasteiger partial charge >= 0.3 is 5.97 Å². The van der Waals surface area contributed by atoms with Crippen LogP contribution in [0.2, 0.25) is 0 Å². The monoisotopic (exact) mass is 246 g/mol. The molecule has 1 saturated heterocycles. The van der Waals surface area contributed by atoms with Crippen LogP contribution < -0.4 is 10.6 Å². The van der Waals surface area contributed by atoms with Gasteiger partial charge in [0.15, 0.2) is 0 Å². The molecule has 0 aromatic carbocycles. The molecule has 1 heterocycles. The lowest BCUT2D eigenvalue weighted by atomic mass is 10.1. The molecule has 0 unspecified atom stereocenters. The van der Waals surface area contributed by atoms with Crippen LogP contribution in [0.25, 0.3) is 0 Å². The summed E-state index contributed by atoms with van der Waals surface area (Å²) >= 11 is 1.58. The van der Waals surface area contributed by atoms with E-state index in [-0.39, 0.29) is 11.9 Å². The number of hydrogen-bond donors (Lipinski definition) is 3. The summed E-state index contributed by atoms with van der Waals surface area (Å²) < 4.78 is 0. The van der Waals surface area contributed by atoms with Crippen LogP contribution in [0.15, 0.2) is 0 Å². The summed E-state index contributed by atoms with van der Waals surface area (Å²) in [6.45, 7) is 0.834. The maximum absolute atomic E-state index is 11.7. The minimum Gasteiger partial charge on any atom is -0.480 e. The van der Waals surface area contributed by atoms with Crippen molar-refractivity contribution in [1.82, 2.24) is 10.6 Å². The average molecular weight is 246 g/mol. The quantitative estimate of drug-likeness (QED) is 0.618. The van der Waals surface area contributed by atoms with E-state index in [0.717, 1.165) is 25.1 Å². The minimum atomic E-state index is -0.958. The van der Waals surface area contributed by atoms with Crippen molar-refractivity contribution in [2.24, 2.45) is 0 Å². The number of hydrogen-bond acceptors (Lipinski definition) is 4. The first-order chi connectivity index (χ1) is 7.65. The van der Waals surface area contributed by atoms with E-state index in [2.05, 4.69) is 10.6 Å². The van der Waals surface area contributed by atoms with Crippen molar-refractivity contribution in [3.05, 3.63) is 0 Å². The van der Waals surface area contributed by atoms with Gasteiger partial charge in [-0.2, -0.15) is 11.8 Å². The molecular weight excluding hydrogens is 228 g/mol. The number of carboxylic acid groups (broad SMARTS) is 1. The molecule has 3 N–H and O–H groups in total. The molecule has 0 aromatic heterocycles. The van der Waals surface area contributed by atoms with Crippen LogP contribution in [-0.4, -0.2) is 47.6 Å². The zero-order valence-electron chi connectivity index (χ0n) is 9.36. The Balaban J connectivity index is 2.40. The van der Waals surface area contributed by atoms with Crippen molar-refractivity contribution in [3.63, 3.8) is 0 Å². The molecule has 0 spiro atoms. The highest BCUT2D eigenvalue weighted by atomic mass is 32.2. The summed E-state index contributed by atoms with van der Waals surface area (Å²) in [5, 5.41) is 14.6. The van der Waals surface area contributed by atoms with Gasteiger partial charge in [0, 0.05) is 0 Å². The van der Waals surface area contributed by atoms with E-state index in [1.807, 2.05) is 6.26 Å². The molecule has 0 bridgehead atoms. The number of thioether (sulfide) groups is 1. The Kier molecular flexibility index (Phi) is 5.62. The molecule has 0 aliphatic carbocycles. The largest absolute Gasteiger partial charge is 0.480 e. The first-order valence-electron chi connectivity index (χ1n) is 5.40. The Bertz CT molecular complexity index is 254. The minimum absolute atomic E-state index is 0.189. The zero-order valence-corrected chi connectivity index (χ0v) is 10.2. The number of rotatable bonds is 6. The van der Waals surface area contributed by atoms with E-state index in [9.17, 15) is 9.59 Å². The third-order valence-corrected chi connectivity index (χ3v) is 3.25. The molecule has 1 amide bonds. The van der Waals surface area contributed by atoms with E-state index in [0.29, 0.717) is 6.42 Å². The predicted molar refractivity (Wildman–Crippen MR) is 63.6 cm³/mol. The van der Waals surface area contributed by atoms with Crippen LogP contribution in [-0.2, 0) is 9.59 Å². The van der Waals surface area contributed by atoms with E-state index >= 15 is 0 Å². The summed E-state index contributed by atoms with van der Waals surface area (Å²) in [6, 6.07) is -0.974. The second kappa shape index (κ2) is 6.75. The van der Waals surface area contributed by atoms with Gasteiger partial charge in [-0.15, -0.1) is 0 Å². The Labute approximate surface area is 99.4 Å². The van der Waals surface area contributed by atoms with Crippen LogP contribution >= 0.6 is 11.8 Å². The van der Waals surface area contributed by atoms with Crippen molar-refractivity contribution in [2.45, 2.75) is 31.3 Å². The van der Waals surface area contributed by atoms with Crippen molar-refractivity contribution in [3.8, 4) is 0 Å². The van der Waals surface area contributed by atoms with Gasteiger partial charge in [-0.25, -0.2) is 4.79 Å². The number of carbonyl (C=O) groups is 2. The van der Waals surface area contributed by atoms with Gasteiger partial charge in [-0.05, 0) is 37.8 Å². The van der Waals surface area contributed by atoms with Gasteiger partial charge in [-0.1, -0.05) is 0 Å². The van der Waals surface area contributed by atoms with Gasteiger partial charge in [0.05, 0.1) is 6.04 Å². The van der Waals surface area contributed by atoms with Crippen LogP contribution in [0.1, 0.15) is 19.3 Å². The molecule has 16 heavy (non-hydrogen) atoms. The maximum atomic E-state index is 11.7. The van der Waals surface area contributed by atoms with E-state index in [4.69, 9.17) is 5.11 Å². The molecule has 1 fully saturated rings. The first kappa shape index (κ1) is 13.3. The molecule has 92 valence electrons. The highest BCUT2D eigenvalue weighted by Gasteiger charge is 2.26. The molecular formula is C10H18N2O3S. The van der Waals surface area contributed by atoms with Crippen LogP contribution in [0, 0.1) is 0 Å². The SMILES string of the molecule is CSCC[C@@H](NC(=O)[C@@H]1CCCN1)C(=O)O. The Morgan fingerprint density at radius 1 is 1.62 bits per heavy atom. The summed E-state index contributed by atoms with van der Waals surface area (Å²) in [6.07, 6.45) is 4.15. The van der Waals surface area contributed by atoms with Crippen molar-refractivity contribution in [2.75, 3.05) is 18.6 Å². The fraction of sp³-hybridized carbons (Fsp3) is 0.800. The fourth-order valence-corrected chi connectivity index (χ4v) is 2.15. The molecule has 1 aliphatic heterocycles. The number of nitrogens with one attached hydrogen (secondary N) is 2. The third-order valence-electron chi connectivity index (χ3n) is 2.60. The lowest BCUT2D eigenvalue weighted by Gasteiger charge is -2.17. The van der Waals surface area contributed by atoms with Gasteiger partial charge in [0.1, 0.15) is 6.04 Å². The number of amides is 1. The van der Waals surface area contributed by atoms with E-state index in [1.54, 1.807) is 11.8 Å². The third kappa shape index (κ3) is 4.02. The number of aliphatic carboxylic acids is 1. The lowest BCUT2D eigenvalue weighted by molar-refractivity contribution is -0.142. The molecule has 6 heteroatoms. The summed E-state index contributed by atoms with van der Waals surface area (Å²) in [4.78, 5) is 22.6. The van der Waals surface area contributed by atoms with Crippen LogP contribution in [0.5, 0.6) is 0 Å². The number of carboxylic acids is 1. The van der Waals surface area contributed by atoms with Gasteiger partial charge in [0.2, 0.25) is 5.91 Å². The predicted octanol–water partition coefficient (Wildman–Crippen LogP) is 0.0609. The Hall–Kier alpha value is -0.750. The highest BCUT2D eigenvalue weighted by Crippen LogP contribution is 2.06. The normalized spacial score (nSPS) is 21.7. The molecule has 2 atom stereocenters.